The molecule has 3 atom stereocenters. The maximum absolute atomic E-state index is 9.31. The normalized spacial score (nSPS) is 26.3. The summed E-state index contributed by atoms with van der Waals surface area (Å²) in [6, 6.07) is 2.81. The Morgan fingerprint density at radius 3 is 2.83 bits per heavy atom. The summed E-state index contributed by atoms with van der Waals surface area (Å²) in [6.07, 6.45) is 2.27. The SMILES string of the molecule is CCNC(C)(C#N)CC(C)N1CCOC(CC)C1. The van der Waals surface area contributed by atoms with Crippen molar-refractivity contribution in [1.29, 1.82) is 5.26 Å². The Balaban J connectivity index is 2.53. The molecule has 1 N–H and O–H groups in total. The number of rotatable bonds is 6. The predicted molar refractivity (Wildman–Crippen MR) is 73.4 cm³/mol. The molecule has 1 rings (SSSR count). The molecule has 0 radical (unpaired) electrons. The zero-order valence-corrected chi connectivity index (χ0v) is 12.2. The van der Waals surface area contributed by atoms with Crippen LogP contribution in [0.4, 0.5) is 0 Å². The molecule has 0 saturated carbocycles. The molecule has 1 heterocycles. The Labute approximate surface area is 111 Å². The lowest BCUT2D eigenvalue weighted by molar-refractivity contribution is -0.0448. The average molecular weight is 253 g/mol. The molecular weight excluding hydrogens is 226 g/mol. The number of hydrogen-bond donors (Lipinski definition) is 1. The lowest BCUT2D eigenvalue weighted by atomic mass is 9.94. The fourth-order valence-corrected chi connectivity index (χ4v) is 2.66. The van der Waals surface area contributed by atoms with E-state index in [-0.39, 0.29) is 0 Å². The molecule has 4 nitrogen and oxygen atoms in total. The van der Waals surface area contributed by atoms with Gasteiger partial charge in [0.15, 0.2) is 0 Å². The van der Waals surface area contributed by atoms with E-state index >= 15 is 0 Å². The van der Waals surface area contributed by atoms with Gasteiger partial charge in [0.05, 0.1) is 18.8 Å². The van der Waals surface area contributed by atoms with Gasteiger partial charge in [-0.3, -0.25) is 10.2 Å². The van der Waals surface area contributed by atoms with Crippen molar-refractivity contribution in [2.45, 2.75) is 58.2 Å². The monoisotopic (exact) mass is 253 g/mol. The van der Waals surface area contributed by atoms with Gasteiger partial charge in [-0.2, -0.15) is 5.26 Å². The van der Waals surface area contributed by atoms with Gasteiger partial charge in [0, 0.05) is 19.1 Å². The van der Waals surface area contributed by atoms with E-state index in [4.69, 9.17) is 4.74 Å². The van der Waals surface area contributed by atoms with E-state index < -0.39 is 5.54 Å². The van der Waals surface area contributed by atoms with Crippen LogP contribution in [-0.4, -0.2) is 48.8 Å². The highest BCUT2D eigenvalue weighted by Crippen LogP contribution is 2.19. The van der Waals surface area contributed by atoms with E-state index in [1.54, 1.807) is 0 Å². The first-order valence-corrected chi connectivity index (χ1v) is 7.06. The van der Waals surface area contributed by atoms with Crippen molar-refractivity contribution in [3.63, 3.8) is 0 Å². The molecule has 1 saturated heterocycles. The predicted octanol–water partition coefficient (Wildman–Crippen LogP) is 1.77. The third kappa shape index (κ3) is 4.24. The number of hydrogen-bond acceptors (Lipinski definition) is 4. The summed E-state index contributed by atoms with van der Waals surface area (Å²) in [4.78, 5) is 2.45. The largest absolute Gasteiger partial charge is 0.376 e. The van der Waals surface area contributed by atoms with E-state index in [0.717, 1.165) is 39.1 Å². The van der Waals surface area contributed by atoms with E-state index in [2.05, 4.69) is 30.1 Å². The van der Waals surface area contributed by atoms with Crippen LogP contribution in [0.25, 0.3) is 0 Å². The Hall–Kier alpha value is -0.630. The second-order valence-electron chi connectivity index (χ2n) is 5.42. The quantitative estimate of drug-likeness (QED) is 0.783. The van der Waals surface area contributed by atoms with Crippen molar-refractivity contribution in [1.82, 2.24) is 10.2 Å². The Kier molecular flexibility index (Phi) is 6.07. The van der Waals surface area contributed by atoms with Crippen molar-refractivity contribution in [3.8, 4) is 6.07 Å². The first-order chi connectivity index (χ1) is 8.54. The molecule has 0 bridgehead atoms. The summed E-state index contributed by atoms with van der Waals surface area (Å²) < 4.78 is 5.69. The molecule has 104 valence electrons. The van der Waals surface area contributed by atoms with Crippen molar-refractivity contribution in [2.24, 2.45) is 0 Å². The van der Waals surface area contributed by atoms with Crippen LogP contribution < -0.4 is 5.32 Å². The Morgan fingerprint density at radius 1 is 1.56 bits per heavy atom. The van der Waals surface area contributed by atoms with Gasteiger partial charge in [-0.25, -0.2) is 0 Å². The van der Waals surface area contributed by atoms with Gasteiger partial charge in [-0.1, -0.05) is 13.8 Å². The first-order valence-electron chi connectivity index (χ1n) is 7.06. The van der Waals surface area contributed by atoms with Crippen LogP contribution in [0.15, 0.2) is 0 Å². The third-order valence-corrected chi connectivity index (χ3v) is 3.77. The number of nitrogens with zero attached hydrogens (tertiary/aromatic N) is 2. The maximum Gasteiger partial charge on any atom is 0.105 e. The zero-order chi connectivity index (χ0) is 13.6. The second kappa shape index (κ2) is 7.08. The van der Waals surface area contributed by atoms with Crippen LogP contribution >= 0.6 is 0 Å². The Morgan fingerprint density at radius 2 is 2.28 bits per heavy atom. The topological polar surface area (TPSA) is 48.3 Å². The maximum atomic E-state index is 9.31. The van der Waals surface area contributed by atoms with Crippen LogP contribution in [0, 0.1) is 11.3 Å². The average Bonchev–Trinajstić information content (AvgIpc) is 2.39. The van der Waals surface area contributed by atoms with E-state index in [1.165, 1.54) is 0 Å². The van der Waals surface area contributed by atoms with Gasteiger partial charge in [0.25, 0.3) is 0 Å². The van der Waals surface area contributed by atoms with Crippen molar-refractivity contribution in [2.75, 3.05) is 26.2 Å². The summed E-state index contributed by atoms with van der Waals surface area (Å²) >= 11 is 0. The molecule has 0 aromatic rings. The van der Waals surface area contributed by atoms with Crippen LogP contribution in [-0.2, 0) is 4.74 Å². The molecule has 0 aromatic heterocycles. The summed E-state index contributed by atoms with van der Waals surface area (Å²) in [5, 5.41) is 12.6. The molecule has 0 aliphatic carbocycles. The third-order valence-electron chi connectivity index (χ3n) is 3.77. The van der Waals surface area contributed by atoms with Crippen LogP contribution in [0.5, 0.6) is 0 Å². The molecule has 4 heteroatoms. The summed E-state index contributed by atoms with van der Waals surface area (Å²) in [5.74, 6) is 0. The highest BCUT2D eigenvalue weighted by atomic mass is 16.5. The lowest BCUT2D eigenvalue weighted by Crippen LogP contribution is -2.51. The highest BCUT2D eigenvalue weighted by Gasteiger charge is 2.30. The fourth-order valence-electron chi connectivity index (χ4n) is 2.66. The number of ether oxygens (including phenoxy) is 1. The number of nitriles is 1. The van der Waals surface area contributed by atoms with Crippen molar-refractivity contribution >= 4 is 0 Å². The minimum Gasteiger partial charge on any atom is -0.376 e. The molecule has 0 aromatic carbocycles. The number of morpholine rings is 1. The minimum absolute atomic E-state index is 0.355. The molecule has 3 unspecified atom stereocenters. The molecule has 1 aliphatic heterocycles. The van der Waals surface area contributed by atoms with Crippen LogP contribution in [0.3, 0.4) is 0 Å². The molecule has 0 spiro atoms. The highest BCUT2D eigenvalue weighted by molar-refractivity contribution is 5.05. The lowest BCUT2D eigenvalue weighted by Gasteiger charge is -2.39. The van der Waals surface area contributed by atoms with Gasteiger partial charge >= 0.3 is 0 Å². The Bertz CT molecular complexity index is 289. The zero-order valence-electron chi connectivity index (χ0n) is 12.2. The first kappa shape index (κ1) is 15.4. The van der Waals surface area contributed by atoms with E-state index in [9.17, 15) is 5.26 Å². The van der Waals surface area contributed by atoms with Gasteiger partial charge in [0.1, 0.15) is 5.54 Å². The van der Waals surface area contributed by atoms with Crippen LogP contribution in [0.2, 0.25) is 0 Å². The van der Waals surface area contributed by atoms with Gasteiger partial charge in [-0.05, 0) is 33.2 Å². The van der Waals surface area contributed by atoms with Gasteiger partial charge in [-0.15, -0.1) is 0 Å². The van der Waals surface area contributed by atoms with Crippen LogP contribution in [0.1, 0.15) is 40.5 Å². The fraction of sp³-hybridized carbons (Fsp3) is 0.929. The number of nitrogens with one attached hydrogen (secondary N) is 1. The second-order valence-corrected chi connectivity index (χ2v) is 5.42. The minimum atomic E-state index is -0.422. The van der Waals surface area contributed by atoms with E-state index in [0.29, 0.717) is 12.1 Å². The molecule has 18 heavy (non-hydrogen) atoms. The van der Waals surface area contributed by atoms with Crippen molar-refractivity contribution < 1.29 is 4.74 Å². The van der Waals surface area contributed by atoms with Gasteiger partial charge in [0.2, 0.25) is 0 Å². The van der Waals surface area contributed by atoms with E-state index in [1.807, 2.05) is 13.8 Å². The van der Waals surface area contributed by atoms with Gasteiger partial charge < -0.3 is 4.74 Å². The molecule has 1 fully saturated rings. The molecular formula is C14H27N3O. The molecule has 0 amide bonds. The smallest absolute Gasteiger partial charge is 0.105 e. The molecule has 1 aliphatic rings. The standard InChI is InChI=1S/C14H27N3O/c1-5-13-10-17(7-8-18-13)12(3)9-14(4,11-15)16-6-2/h12-13,16H,5-10H2,1-4H3. The summed E-state index contributed by atoms with van der Waals surface area (Å²) in [5.41, 5.74) is -0.422. The summed E-state index contributed by atoms with van der Waals surface area (Å²) in [6.45, 7) is 12.0. The summed E-state index contributed by atoms with van der Waals surface area (Å²) in [7, 11) is 0. The van der Waals surface area contributed by atoms with Crippen molar-refractivity contribution in [3.05, 3.63) is 0 Å².